The van der Waals surface area contributed by atoms with Crippen molar-refractivity contribution in [3.8, 4) is 0 Å². The zero-order chi connectivity index (χ0) is 25.1. The van der Waals surface area contributed by atoms with Crippen LogP contribution in [0.4, 0.5) is 0 Å². The molecule has 0 saturated heterocycles. The maximum absolute atomic E-state index is 6.88. The van der Waals surface area contributed by atoms with Crippen molar-refractivity contribution in [3.05, 3.63) is 11.6 Å². The molecular weight excluding hydrogens is 454 g/mol. The largest absolute Gasteiger partial charge is 0.414 e. The number of rotatable bonds is 6. The van der Waals surface area contributed by atoms with Crippen LogP contribution >= 0.6 is 0 Å². The molecule has 0 aromatic rings. The van der Waals surface area contributed by atoms with Gasteiger partial charge in [0.05, 0.1) is 11.8 Å². The third kappa shape index (κ3) is 4.90. The van der Waals surface area contributed by atoms with E-state index in [1.165, 1.54) is 38.5 Å². The first-order valence-electron chi connectivity index (χ1n) is 13.8. The molecule has 4 aliphatic carbocycles. The minimum Gasteiger partial charge on any atom is -0.414 e. The van der Waals surface area contributed by atoms with Gasteiger partial charge in [0.15, 0.2) is 16.6 Å². The predicted octanol–water partition coefficient (Wildman–Crippen LogP) is 7.64. The number of nitrogens with zero attached hydrogens (tertiary/aromatic N) is 1. The van der Waals surface area contributed by atoms with Crippen LogP contribution in [0.3, 0.4) is 0 Å². The van der Waals surface area contributed by atoms with Gasteiger partial charge in [0.1, 0.15) is 7.11 Å². The van der Waals surface area contributed by atoms with E-state index < -0.39 is 16.6 Å². The van der Waals surface area contributed by atoms with Gasteiger partial charge in [0.25, 0.3) is 0 Å². The highest BCUT2D eigenvalue weighted by molar-refractivity contribution is 6.70. The number of oxime groups is 1. The Kier molecular flexibility index (Phi) is 7.16. The lowest BCUT2D eigenvalue weighted by atomic mass is 9.47. The van der Waals surface area contributed by atoms with Gasteiger partial charge in [-0.15, -0.1) is 0 Å². The van der Waals surface area contributed by atoms with Gasteiger partial charge in [-0.05, 0) is 120 Å². The van der Waals surface area contributed by atoms with E-state index in [1.807, 2.05) is 0 Å². The Hall–Kier alpha value is -0.436. The SMILES string of the molecule is CO/N=C(\C)[C@H]1[C@H](O[Si](C)(C)C)C[C@H]2[C@@H]3CC=C4C[C@@H](O[Si](C)(C)C)CC[C@]4(C)[C@H]3CC[C@@]21C. The van der Waals surface area contributed by atoms with Crippen molar-refractivity contribution in [2.45, 2.75) is 117 Å². The van der Waals surface area contributed by atoms with E-state index in [1.54, 1.807) is 12.7 Å². The summed E-state index contributed by atoms with van der Waals surface area (Å²) in [4.78, 5) is 5.28. The highest BCUT2D eigenvalue weighted by Crippen LogP contribution is 2.67. The van der Waals surface area contributed by atoms with Crippen molar-refractivity contribution in [1.82, 2.24) is 0 Å². The molecule has 3 fully saturated rings. The third-order valence-electron chi connectivity index (χ3n) is 9.78. The first-order chi connectivity index (χ1) is 15.7. The second-order valence-corrected chi connectivity index (χ2v) is 23.2. The standard InChI is InChI=1S/C28H51NO3Si2/c1-19(29-30-4)26-25(32-34(8,9)10)18-24-22-12-11-20-17-21(31-33(5,6)7)13-15-27(20,2)23(22)14-16-28(24,26)3/h11,21-26H,12-18H2,1-10H3/b29-19+/t21-,22+,23-,24-,25+,26-,27-,28-/m0/s1. The van der Waals surface area contributed by atoms with Crippen LogP contribution in [0.25, 0.3) is 0 Å². The van der Waals surface area contributed by atoms with E-state index >= 15 is 0 Å². The molecule has 34 heavy (non-hydrogen) atoms. The maximum Gasteiger partial charge on any atom is 0.184 e. The first-order valence-corrected chi connectivity index (χ1v) is 20.6. The molecule has 0 radical (unpaired) electrons. The van der Waals surface area contributed by atoms with Crippen LogP contribution < -0.4 is 0 Å². The predicted molar refractivity (Wildman–Crippen MR) is 147 cm³/mol. The molecule has 4 nitrogen and oxygen atoms in total. The van der Waals surface area contributed by atoms with Gasteiger partial charge in [-0.3, -0.25) is 0 Å². The molecule has 0 spiro atoms. The molecule has 3 saturated carbocycles. The molecule has 0 N–H and O–H groups in total. The van der Waals surface area contributed by atoms with Crippen molar-refractivity contribution >= 4 is 22.3 Å². The number of hydrogen-bond donors (Lipinski definition) is 0. The average Bonchev–Trinajstić information content (AvgIpc) is 2.97. The lowest BCUT2D eigenvalue weighted by Gasteiger charge is -2.58. The fourth-order valence-electron chi connectivity index (χ4n) is 8.73. The summed E-state index contributed by atoms with van der Waals surface area (Å²) >= 11 is 0. The molecule has 0 aliphatic heterocycles. The maximum atomic E-state index is 6.88. The Morgan fingerprint density at radius 3 is 2.26 bits per heavy atom. The van der Waals surface area contributed by atoms with Gasteiger partial charge in [0, 0.05) is 12.0 Å². The van der Waals surface area contributed by atoms with Crippen molar-refractivity contribution < 1.29 is 13.7 Å². The minimum atomic E-state index is -1.66. The summed E-state index contributed by atoms with van der Waals surface area (Å²) in [7, 11) is -1.48. The molecule has 0 amide bonds. The van der Waals surface area contributed by atoms with Crippen LogP contribution in [0.5, 0.6) is 0 Å². The van der Waals surface area contributed by atoms with Crippen LogP contribution in [0.15, 0.2) is 16.8 Å². The lowest BCUT2D eigenvalue weighted by Crippen LogP contribution is -2.51. The van der Waals surface area contributed by atoms with E-state index in [0.717, 1.165) is 24.0 Å². The summed E-state index contributed by atoms with van der Waals surface area (Å²) in [6.45, 7) is 21.3. The van der Waals surface area contributed by atoms with Gasteiger partial charge in [-0.25, -0.2) is 0 Å². The van der Waals surface area contributed by atoms with Crippen molar-refractivity contribution in [2.75, 3.05) is 7.11 Å². The zero-order valence-electron chi connectivity index (χ0n) is 23.7. The quantitative estimate of drug-likeness (QED) is 0.161. The van der Waals surface area contributed by atoms with Crippen LogP contribution in [-0.2, 0) is 13.7 Å². The highest BCUT2D eigenvalue weighted by Gasteiger charge is 2.62. The Bertz CT molecular complexity index is 828. The Balaban J connectivity index is 1.62. The summed E-state index contributed by atoms with van der Waals surface area (Å²) < 4.78 is 13.5. The van der Waals surface area contributed by atoms with Gasteiger partial charge in [0.2, 0.25) is 0 Å². The second-order valence-electron chi connectivity index (χ2n) is 14.3. The Morgan fingerprint density at radius 2 is 1.65 bits per heavy atom. The van der Waals surface area contributed by atoms with Crippen LogP contribution in [0.1, 0.15) is 65.7 Å². The van der Waals surface area contributed by atoms with Crippen LogP contribution in [0.2, 0.25) is 39.3 Å². The second kappa shape index (κ2) is 9.14. The van der Waals surface area contributed by atoms with E-state index in [2.05, 4.69) is 71.3 Å². The van der Waals surface area contributed by atoms with Crippen molar-refractivity contribution in [1.29, 1.82) is 0 Å². The van der Waals surface area contributed by atoms with Crippen molar-refractivity contribution in [2.24, 2.45) is 39.7 Å². The lowest BCUT2D eigenvalue weighted by molar-refractivity contribution is -0.0416. The van der Waals surface area contributed by atoms with Gasteiger partial charge in [-0.1, -0.05) is 30.7 Å². The summed E-state index contributed by atoms with van der Waals surface area (Å²) in [6, 6.07) is 0. The normalized spacial score (nSPS) is 43.0. The molecule has 0 unspecified atom stereocenters. The van der Waals surface area contributed by atoms with E-state index in [4.69, 9.17) is 13.7 Å². The van der Waals surface area contributed by atoms with E-state index in [0.29, 0.717) is 23.4 Å². The molecule has 0 heterocycles. The topological polar surface area (TPSA) is 40.0 Å². The number of fused-ring (bicyclic) bond motifs is 5. The molecule has 8 atom stereocenters. The molecule has 4 aliphatic rings. The summed E-state index contributed by atoms with van der Waals surface area (Å²) in [5.41, 5.74) is 3.45. The number of allylic oxidation sites excluding steroid dienone is 1. The molecule has 194 valence electrons. The smallest absolute Gasteiger partial charge is 0.184 e. The molecule has 4 rings (SSSR count). The van der Waals surface area contributed by atoms with Crippen LogP contribution in [-0.4, -0.2) is 41.7 Å². The van der Waals surface area contributed by atoms with E-state index in [-0.39, 0.29) is 11.5 Å². The fourth-order valence-corrected chi connectivity index (χ4v) is 11.1. The summed E-state index contributed by atoms with van der Waals surface area (Å²) in [5.74, 6) is 2.62. The molecule has 0 aromatic heterocycles. The Labute approximate surface area is 211 Å². The van der Waals surface area contributed by atoms with Crippen molar-refractivity contribution in [3.63, 3.8) is 0 Å². The monoisotopic (exact) mass is 505 g/mol. The minimum absolute atomic E-state index is 0.247. The van der Waals surface area contributed by atoms with Crippen LogP contribution in [0, 0.1) is 34.5 Å². The molecular formula is C28H51NO3Si2. The molecule has 0 bridgehead atoms. The van der Waals surface area contributed by atoms with Gasteiger partial charge >= 0.3 is 0 Å². The Morgan fingerprint density at radius 1 is 0.971 bits per heavy atom. The van der Waals surface area contributed by atoms with E-state index in [9.17, 15) is 0 Å². The summed E-state index contributed by atoms with van der Waals surface area (Å²) in [5, 5.41) is 4.47. The summed E-state index contributed by atoms with van der Waals surface area (Å²) in [6.07, 6.45) is 12.1. The molecule has 6 heteroatoms. The number of hydrogen-bond acceptors (Lipinski definition) is 4. The van der Waals surface area contributed by atoms with Gasteiger partial charge < -0.3 is 13.7 Å². The third-order valence-corrected chi connectivity index (χ3v) is 11.8. The molecule has 0 aromatic carbocycles. The fraction of sp³-hybridized carbons (Fsp3) is 0.893. The van der Waals surface area contributed by atoms with Gasteiger partial charge in [-0.2, -0.15) is 0 Å². The highest BCUT2D eigenvalue weighted by atomic mass is 28.4. The zero-order valence-corrected chi connectivity index (χ0v) is 25.7. The average molecular weight is 506 g/mol. The first kappa shape index (κ1) is 26.6.